The summed E-state index contributed by atoms with van der Waals surface area (Å²) in [5.41, 5.74) is 1.65. The monoisotopic (exact) mass is 663 g/mol. The number of nitrogens with one attached hydrogen (secondary N) is 2. The maximum Gasteiger partial charge on any atom is 0.325 e. The number of urea groups is 1. The lowest BCUT2D eigenvalue weighted by molar-refractivity contribution is -0.134. The maximum atomic E-state index is 13.7. The molecule has 0 radical (unpaired) electrons. The van der Waals surface area contributed by atoms with Crippen LogP contribution >= 0.6 is 34.2 Å². The van der Waals surface area contributed by atoms with Crippen LogP contribution < -0.4 is 15.4 Å². The minimum Gasteiger partial charge on any atom is -0.491 e. The van der Waals surface area contributed by atoms with E-state index in [9.17, 15) is 19.5 Å². The molecular formula is C28H27ClIN3O6. The Morgan fingerprint density at radius 2 is 1.82 bits per heavy atom. The summed E-state index contributed by atoms with van der Waals surface area (Å²) in [5.74, 6) is -1.23. The highest BCUT2D eigenvalue weighted by atomic mass is 127. The number of hydrogen-bond donors (Lipinski definition) is 4. The van der Waals surface area contributed by atoms with Crippen LogP contribution in [0.25, 0.3) is 0 Å². The van der Waals surface area contributed by atoms with E-state index in [0.717, 1.165) is 14.0 Å². The molecule has 4 atom stereocenters. The Bertz CT molecular complexity index is 1340. The van der Waals surface area contributed by atoms with Gasteiger partial charge in [0.25, 0.3) is 5.91 Å². The average molecular weight is 664 g/mol. The second-order valence-electron chi connectivity index (χ2n) is 9.06. The van der Waals surface area contributed by atoms with Crippen LogP contribution in [0, 0.1) is 3.57 Å². The van der Waals surface area contributed by atoms with Crippen LogP contribution in [0.2, 0.25) is 5.02 Å². The van der Waals surface area contributed by atoms with E-state index in [2.05, 4.69) is 33.2 Å². The standard InChI is InChI=1S/C28H27ClIN3O6/c1-16(17-5-3-2-4-6-17)25(26(36)31-23-12-9-19(30)13-22(23)29)33-27(37)24(32-28(33)38)18-7-10-21(11-8-18)39-15-20(35)14-34/h2-13,16,20,24-25,34-35H,14-15H2,1H3,(H,31,36)(H,32,38)/t16-,20-,24-,25-/m0/s1. The molecule has 1 aliphatic rings. The number of halogens is 2. The van der Waals surface area contributed by atoms with E-state index in [4.69, 9.17) is 21.4 Å². The third kappa shape index (κ3) is 6.70. The number of anilines is 1. The molecule has 0 aromatic heterocycles. The molecule has 0 bridgehead atoms. The molecule has 3 aromatic carbocycles. The van der Waals surface area contributed by atoms with Gasteiger partial charge in [-0.2, -0.15) is 0 Å². The molecule has 11 heteroatoms. The predicted octanol–water partition coefficient (Wildman–Crippen LogP) is 4.08. The van der Waals surface area contributed by atoms with Crippen molar-refractivity contribution in [2.75, 3.05) is 18.5 Å². The highest BCUT2D eigenvalue weighted by molar-refractivity contribution is 14.1. The number of hydrogen-bond acceptors (Lipinski definition) is 6. The highest BCUT2D eigenvalue weighted by Crippen LogP contribution is 2.32. The first kappa shape index (κ1) is 28.8. The minimum absolute atomic E-state index is 0.0958. The lowest BCUT2D eigenvalue weighted by atomic mass is 9.91. The van der Waals surface area contributed by atoms with Crippen molar-refractivity contribution in [1.82, 2.24) is 10.2 Å². The van der Waals surface area contributed by atoms with Gasteiger partial charge in [-0.3, -0.25) is 9.59 Å². The summed E-state index contributed by atoms with van der Waals surface area (Å²) in [6.45, 7) is 1.26. The SMILES string of the molecule is C[C@@H](c1ccccc1)[C@@H](C(=O)Nc1ccc(I)cc1Cl)N1C(=O)N[C@@H](c2ccc(OC[C@@H](O)CO)cc2)C1=O. The Hall–Kier alpha value is -3.19. The highest BCUT2D eigenvalue weighted by Gasteiger charge is 2.47. The molecule has 0 aliphatic carbocycles. The molecule has 204 valence electrons. The van der Waals surface area contributed by atoms with E-state index in [1.54, 1.807) is 49.4 Å². The van der Waals surface area contributed by atoms with Crippen molar-refractivity contribution in [3.8, 4) is 5.75 Å². The van der Waals surface area contributed by atoms with Gasteiger partial charge in [0.05, 0.1) is 17.3 Å². The van der Waals surface area contributed by atoms with Gasteiger partial charge in [-0.25, -0.2) is 9.69 Å². The van der Waals surface area contributed by atoms with E-state index < -0.39 is 48.6 Å². The van der Waals surface area contributed by atoms with Gasteiger partial charge in [0, 0.05) is 9.49 Å². The number of aliphatic hydroxyl groups is 2. The largest absolute Gasteiger partial charge is 0.491 e. The second kappa shape index (κ2) is 12.8. The topological polar surface area (TPSA) is 128 Å². The molecule has 1 saturated heterocycles. The molecule has 4 rings (SSSR count). The molecule has 1 aliphatic heterocycles. The first-order valence-corrected chi connectivity index (χ1v) is 13.6. The number of amides is 4. The summed E-state index contributed by atoms with van der Waals surface area (Å²) in [7, 11) is 0. The molecule has 1 heterocycles. The number of carbonyl (C=O) groups excluding carboxylic acids is 3. The van der Waals surface area contributed by atoms with Crippen molar-refractivity contribution in [2.24, 2.45) is 0 Å². The summed E-state index contributed by atoms with van der Waals surface area (Å²) in [6.07, 6.45) is -1.02. The fourth-order valence-electron chi connectivity index (χ4n) is 4.29. The van der Waals surface area contributed by atoms with Crippen LogP contribution in [0.5, 0.6) is 5.75 Å². The zero-order valence-electron chi connectivity index (χ0n) is 20.9. The first-order valence-electron chi connectivity index (χ1n) is 12.2. The van der Waals surface area contributed by atoms with Crippen molar-refractivity contribution in [3.05, 3.63) is 92.5 Å². The summed E-state index contributed by atoms with van der Waals surface area (Å²) >= 11 is 8.45. The smallest absolute Gasteiger partial charge is 0.325 e. The van der Waals surface area contributed by atoms with Crippen molar-refractivity contribution >= 4 is 57.7 Å². The predicted molar refractivity (Wildman–Crippen MR) is 155 cm³/mol. The van der Waals surface area contributed by atoms with Gasteiger partial charge in [0.1, 0.15) is 30.5 Å². The molecule has 9 nitrogen and oxygen atoms in total. The molecule has 39 heavy (non-hydrogen) atoms. The van der Waals surface area contributed by atoms with E-state index in [0.29, 0.717) is 22.0 Å². The number of carbonyl (C=O) groups is 3. The Balaban J connectivity index is 1.60. The first-order chi connectivity index (χ1) is 18.7. The lowest BCUT2D eigenvalue weighted by Gasteiger charge is -2.30. The number of rotatable bonds is 10. The molecular weight excluding hydrogens is 637 g/mol. The van der Waals surface area contributed by atoms with Gasteiger partial charge in [-0.05, 0) is 64.0 Å². The quantitative estimate of drug-likeness (QED) is 0.191. The number of imide groups is 1. The molecule has 0 saturated carbocycles. The van der Waals surface area contributed by atoms with E-state index in [-0.39, 0.29) is 6.61 Å². The molecule has 0 spiro atoms. The fourth-order valence-corrected chi connectivity index (χ4v) is 5.19. The van der Waals surface area contributed by atoms with Gasteiger partial charge >= 0.3 is 6.03 Å². The van der Waals surface area contributed by atoms with Crippen molar-refractivity contribution < 1.29 is 29.3 Å². The Morgan fingerprint density at radius 1 is 1.13 bits per heavy atom. The van der Waals surface area contributed by atoms with E-state index in [1.807, 2.05) is 30.3 Å². The number of nitrogens with zero attached hydrogens (tertiary/aromatic N) is 1. The molecule has 1 fully saturated rings. The van der Waals surface area contributed by atoms with Crippen LogP contribution in [-0.2, 0) is 9.59 Å². The van der Waals surface area contributed by atoms with Crippen LogP contribution in [0.3, 0.4) is 0 Å². The Morgan fingerprint density at radius 3 is 2.46 bits per heavy atom. The molecule has 3 aromatic rings. The van der Waals surface area contributed by atoms with Crippen molar-refractivity contribution in [2.45, 2.75) is 31.0 Å². The van der Waals surface area contributed by atoms with Crippen molar-refractivity contribution in [3.63, 3.8) is 0 Å². The summed E-state index contributed by atoms with van der Waals surface area (Å²) in [6, 6.07) is 17.9. The summed E-state index contributed by atoms with van der Waals surface area (Å²) in [4.78, 5) is 41.5. The fraction of sp³-hybridized carbons (Fsp3) is 0.250. The molecule has 0 unspecified atom stereocenters. The normalized spacial score (nSPS) is 17.4. The van der Waals surface area contributed by atoms with Crippen molar-refractivity contribution in [1.29, 1.82) is 0 Å². The van der Waals surface area contributed by atoms with E-state index >= 15 is 0 Å². The maximum absolute atomic E-state index is 13.7. The second-order valence-corrected chi connectivity index (χ2v) is 10.7. The van der Waals surface area contributed by atoms with Gasteiger partial charge < -0.3 is 25.6 Å². The molecule has 4 N–H and O–H groups in total. The molecule has 4 amide bonds. The number of benzene rings is 3. The van der Waals surface area contributed by atoms with Gasteiger partial charge in [-0.15, -0.1) is 0 Å². The van der Waals surface area contributed by atoms with E-state index in [1.165, 1.54) is 0 Å². The van der Waals surface area contributed by atoms with Gasteiger partial charge in [0.15, 0.2) is 0 Å². The van der Waals surface area contributed by atoms with Crippen LogP contribution in [0.15, 0.2) is 72.8 Å². The third-order valence-electron chi connectivity index (χ3n) is 6.37. The van der Waals surface area contributed by atoms with Gasteiger partial charge in [0.2, 0.25) is 5.91 Å². The lowest BCUT2D eigenvalue weighted by Crippen LogP contribution is -2.50. The zero-order chi connectivity index (χ0) is 28.1. The van der Waals surface area contributed by atoms with Crippen LogP contribution in [0.4, 0.5) is 10.5 Å². The van der Waals surface area contributed by atoms with Gasteiger partial charge in [-0.1, -0.05) is 61.0 Å². The average Bonchev–Trinajstić information content (AvgIpc) is 3.23. The number of ether oxygens (including phenoxy) is 1. The van der Waals surface area contributed by atoms with Crippen LogP contribution in [0.1, 0.15) is 30.0 Å². The summed E-state index contributed by atoms with van der Waals surface area (Å²) < 4.78 is 6.30. The Labute approximate surface area is 244 Å². The summed E-state index contributed by atoms with van der Waals surface area (Å²) in [5, 5.41) is 24.2. The Kier molecular flexibility index (Phi) is 9.44. The minimum atomic E-state index is -1.16. The van der Waals surface area contributed by atoms with Crippen LogP contribution in [-0.4, -0.2) is 58.3 Å². The number of aliphatic hydroxyl groups excluding tert-OH is 2. The zero-order valence-corrected chi connectivity index (χ0v) is 23.8. The third-order valence-corrected chi connectivity index (χ3v) is 7.36.